The van der Waals surface area contributed by atoms with Gasteiger partial charge in [0.1, 0.15) is 16.7 Å². The van der Waals surface area contributed by atoms with E-state index < -0.39 is 0 Å². The fourth-order valence-corrected chi connectivity index (χ4v) is 3.58. The van der Waals surface area contributed by atoms with Gasteiger partial charge in [0, 0.05) is 6.54 Å². The predicted molar refractivity (Wildman–Crippen MR) is 102 cm³/mol. The fourth-order valence-electron chi connectivity index (χ4n) is 2.78. The molecular weight excluding hydrogens is 365 g/mol. The van der Waals surface area contributed by atoms with Crippen molar-refractivity contribution in [3.8, 4) is 0 Å². The van der Waals surface area contributed by atoms with Crippen LogP contribution in [-0.4, -0.2) is 31.2 Å². The Bertz CT molecular complexity index is 1130. The van der Waals surface area contributed by atoms with E-state index in [0.29, 0.717) is 17.2 Å². The number of thioether (sulfide) groups is 1. The van der Waals surface area contributed by atoms with Crippen molar-refractivity contribution < 1.29 is 9.18 Å². The van der Waals surface area contributed by atoms with Crippen molar-refractivity contribution in [2.24, 2.45) is 0 Å². The largest absolute Gasteiger partial charge is 0.351 e. The topological polar surface area (TPSA) is 72.2 Å². The number of halogens is 1. The van der Waals surface area contributed by atoms with Crippen LogP contribution in [0.2, 0.25) is 0 Å². The molecule has 1 N–H and O–H groups in total. The molecule has 2 aromatic carbocycles. The third-order valence-electron chi connectivity index (χ3n) is 4.10. The van der Waals surface area contributed by atoms with Crippen LogP contribution in [0.5, 0.6) is 0 Å². The van der Waals surface area contributed by atoms with Crippen molar-refractivity contribution in [2.45, 2.75) is 18.5 Å². The van der Waals surface area contributed by atoms with E-state index in [-0.39, 0.29) is 17.5 Å². The van der Waals surface area contributed by atoms with Gasteiger partial charge in [0.25, 0.3) is 0 Å². The molecule has 0 radical (unpaired) electrons. The summed E-state index contributed by atoms with van der Waals surface area (Å²) >= 11 is 1.32. The Morgan fingerprint density at radius 3 is 2.74 bits per heavy atom. The molecule has 0 saturated carbocycles. The number of carbonyl (C=O) groups excluding carboxylic acids is 1. The SMILES string of the molecule is Cc1nnc2c(SCC(=O)NCc3ccc(F)cc3)nc3ccccc3n12. The van der Waals surface area contributed by atoms with E-state index in [4.69, 9.17) is 0 Å². The minimum Gasteiger partial charge on any atom is -0.351 e. The van der Waals surface area contributed by atoms with Crippen LogP contribution in [0.1, 0.15) is 11.4 Å². The summed E-state index contributed by atoms with van der Waals surface area (Å²) < 4.78 is 14.9. The van der Waals surface area contributed by atoms with Crippen LogP contribution < -0.4 is 5.32 Å². The van der Waals surface area contributed by atoms with Gasteiger partial charge in [0.05, 0.1) is 16.8 Å². The predicted octanol–water partition coefficient (Wildman–Crippen LogP) is 3.13. The monoisotopic (exact) mass is 381 g/mol. The Kier molecular flexibility index (Phi) is 4.72. The minimum absolute atomic E-state index is 0.131. The third kappa shape index (κ3) is 3.61. The highest BCUT2D eigenvalue weighted by Gasteiger charge is 2.14. The van der Waals surface area contributed by atoms with Crippen molar-refractivity contribution in [1.82, 2.24) is 24.9 Å². The molecule has 0 aliphatic rings. The number of hydrogen-bond donors (Lipinski definition) is 1. The number of aryl methyl sites for hydroxylation is 1. The molecule has 2 heterocycles. The van der Waals surface area contributed by atoms with Crippen molar-refractivity contribution >= 4 is 34.3 Å². The second kappa shape index (κ2) is 7.32. The number of nitrogens with one attached hydrogen (secondary N) is 1. The first-order valence-corrected chi connectivity index (χ1v) is 9.35. The van der Waals surface area contributed by atoms with Gasteiger partial charge in [-0.15, -0.1) is 10.2 Å². The highest BCUT2D eigenvalue weighted by molar-refractivity contribution is 8.00. The van der Waals surface area contributed by atoms with Crippen LogP contribution in [0, 0.1) is 12.7 Å². The van der Waals surface area contributed by atoms with Gasteiger partial charge in [-0.05, 0) is 36.8 Å². The smallest absolute Gasteiger partial charge is 0.230 e. The third-order valence-corrected chi connectivity index (χ3v) is 5.06. The Balaban J connectivity index is 1.49. The lowest BCUT2D eigenvalue weighted by atomic mass is 10.2. The van der Waals surface area contributed by atoms with Crippen LogP contribution in [0.15, 0.2) is 53.6 Å². The standard InChI is InChI=1S/C19H16FN5OS/c1-12-23-24-18-19(22-15-4-2-3-5-16(15)25(12)18)27-11-17(26)21-10-13-6-8-14(20)9-7-13/h2-9H,10-11H2,1H3,(H,21,26). The lowest BCUT2D eigenvalue weighted by molar-refractivity contribution is -0.118. The first-order valence-electron chi connectivity index (χ1n) is 8.36. The summed E-state index contributed by atoms with van der Waals surface area (Å²) in [5.41, 5.74) is 3.24. The van der Waals surface area contributed by atoms with Crippen molar-refractivity contribution in [1.29, 1.82) is 0 Å². The van der Waals surface area contributed by atoms with Gasteiger partial charge in [0.2, 0.25) is 5.91 Å². The summed E-state index contributed by atoms with van der Waals surface area (Å²) in [7, 11) is 0. The summed E-state index contributed by atoms with van der Waals surface area (Å²) in [5.74, 6) is 0.546. The molecule has 0 atom stereocenters. The Morgan fingerprint density at radius 2 is 1.93 bits per heavy atom. The lowest BCUT2D eigenvalue weighted by Crippen LogP contribution is -2.24. The number of hydrogen-bond acceptors (Lipinski definition) is 5. The van der Waals surface area contributed by atoms with Gasteiger partial charge in [-0.2, -0.15) is 0 Å². The quantitative estimate of drug-likeness (QED) is 0.538. The highest BCUT2D eigenvalue weighted by Crippen LogP contribution is 2.25. The normalized spacial score (nSPS) is 11.2. The second-order valence-corrected chi connectivity index (χ2v) is 6.97. The molecule has 0 saturated heterocycles. The number of amides is 1. The van der Waals surface area contributed by atoms with E-state index in [9.17, 15) is 9.18 Å². The molecule has 8 heteroatoms. The zero-order chi connectivity index (χ0) is 18.8. The maximum absolute atomic E-state index is 12.9. The maximum atomic E-state index is 12.9. The fraction of sp³-hybridized carbons (Fsp3) is 0.158. The molecule has 0 aliphatic heterocycles. The molecule has 0 spiro atoms. The zero-order valence-corrected chi connectivity index (χ0v) is 15.3. The van der Waals surface area contributed by atoms with E-state index in [1.54, 1.807) is 12.1 Å². The molecule has 0 bridgehead atoms. The van der Waals surface area contributed by atoms with Crippen molar-refractivity contribution in [3.63, 3.8) is 0 Å². The van der Waals surface area contributed by atoms with Gasteiger partial charge in [0.15, 0.2) is 5.65 Å². The average Bonchev–Trinajstić information content (AvgIpc) is 3.08. The molecule has 0 fully saturated rings. The first kappa shape index (κ1) is 17.4. The Labute approximate surface area is 158 Å². The number of nitrogens with zero attached hydrogens (tertiary/aromatic N) is 4. The summed E-state index contributed by atoms with van der Waals surface area (Å²) in [5, 5.41) is 11.8. The minimum atomic E-state index is -0.296. The van der Waals surface area contributed by atoms with Gasteiger partial charge < -0.3 is 5.32 Å². The van der Waals surface area contributed by atoms with E-state index >= 15 is 0 Å². The zero-order valence-electron chi connectivity index (χ0n) is 14.5. The van der Waals surface area contributed by atoms with E-state index in [2.05, 4.69) is 20.5 Å². The number of fused-ring (bicyclic) bond motifs is 3. The summed E-state index contributed by atoms with van der Waals surface area (Å²) in [6.07, 6.45) is 0. The highest BCUT2D eigenvalue weighted by atomic mass is 32.2. The molecular formula is C19H16FN5OS. The molecule has 4 rings (SSSR count). The molecule has 136 valence electrons. The first-order chi connectivity index (χ1) is 13.1. The van der Waals surface area contributed by atoms with Gasteiger partial charge in [-0.3, -0.25) is 9.20 Å². The van der Waals surface area contributed by atoms with Gasteiger partial charge in [-0.1, -0.05) is 36.0 Å². The summed E-state index contributed by atoms with van der Waals surface area (Å²) in [4.78, 5) is 16.8. The average molecular weight is 381 g/mol. The number of rotatable bonds is 5. The van der Waals surface area contributed by atoms with Crippen LogP contribution in [0.4, 0.5) is 4.39 Å². The Hall–Kier alpha value is -3.00. The molecule has 0 aliphatic carbocycles. The molecule has 2 aromatic heterocycles. The van der Waals surface area contributed by atoms with E-state index in [1.165, 1.54) is 23.9 Å². The van der Waals surface area contributed by atoms with Crippen LogP contribution in [0.25, 0.3) is 16.7 Å². The molecule has 27 heavy (non-hydrogen) atoms. The van der Waals surface area contributed by atoms with Crippen molar-refractivity contribution in [2.75, 3.05) is 5.75 Å². The van der Waals surface area contributed by atoms with Crippen LogP contribution in [-0.2, 0) is 11.3 Å². The Morgan fingerprint density at radius 1 is 1.15 bits per heavy atom. The van der Waals surface area contributed by atoms with E-state index in [0.717, 1.165) is 22.4 Å². The molecule has 0 unspecified atom stereocenters. The number of para-hydroxylation sites is 2. The van der Waals surface area contributed by atoms with Gasteiger partial charge in [-0.25, -0.2) is 9.37 Å². The summed E-state index contributed by atoms with van der Waals surface area (Å²) in [6.45, 7) is 2.24. The van der Waals surface area contributed by atoms with E-state index in [1.807, 2.05) is 35.6 Å². The lowest BCUT2D eigenvalue weighted by Gasteiger charge is -2.08. The number of aromatic nitrogens is 4. The van der Waals surface area contributed by atoms with Crippen LogP contribution in [0.3, 0.4) is 0 Å². The molecule has 4 aromatic rings. The molecule has 1 amide bonds. The van der Waals surface area contributed by atoms with Gasteiger partial charge >= 0.3 is 0 Å². The van der Waals surface area contributed by atoms with Crippen molar-refractivity contribution in [3.05, 3.63) is 65.7 Å². The second-order valence-electron chi connectivity index (χ2n) is 6.00. The number of carbonyl (C=O) groups is 1. The summed E-state index contributed by atoms with van der Waals surface area (Å²) in [6, 6.07) is 13.8. The maximum Gasteiger partial charge on any atom is 0.230 e. The molecule has 6 nitrogen and oxygen atoms in total. The van der Waals surface area contributed by atoms with Crippen LogP contribution >= 0.6 is 11.8 Å². The number of benzene rings is 2.